The maximum Gasteiger partial charge on any atom is 0.258 e. The number of amides is 1. The second-order valence-electron chi connectivity index (χ2n) is 8.62. The summed E-state index contributed by atoms with van der Waals surface area (Å²) < 4.78 is 16.4. The minimum absolute atomic E-state index is 0.101. The monoisotopic (exact) mass is 480 g/mol. The van der Waals surface area contributed by atoms with Crippen LogP contribution in [0.3, 0.4) is 0 Å². The van der Waals surface area contributed by atoms with Crippen LogP contribution in [0, 0.1) is 17.7 Å². The third-order valence-corrected chi connectivity index (χ3v) is 7.50. The van der Waals surface area contributed by atoms with Crippen molar-refractivity contribution >= 4 is 28.5 Å². The van der Waals surface area contributed by atoms with Gasteiger partial charge in [-0.25, -0.2) is 9.37 Å². The van der Waals surface area contributed by atoms with Crippen molar-refractivity contribution in [3.63, 3.8) is 0 Å². The molecule has 34 heavy (non-hydrogen) atoms. The number of hydrogen-bond acceptors (Lipinski definition) is 6. The molecule has 2 N–H and O–H groups in total. The van der Waals surface area contributed by atoms with Gasteiger partial charge in [0.25, 0.3) is 5.56 Å². The van der Waals surface area contributed by atoms with Gasteiger partial charge in [-0.1, -0.05) is 30.4 Å². The molecule has 2 aliphatic heterocycles. The zero-order valence-electron chi connectivity index (χ0n) is 18.6. The van der Waals surface area contributed by atoms with Crippen molar-refractivity contribution in [1.82, 2.24) is 14.5 Å². The lowest BCUT2D eigenvalue weighted by Crippen LogP contribution is -2.45. The zero-order chi connectivity index (χ0) is 23.8. The van der Waals surface area contributed by atoms with E-state index in [1.165, 1.54) is 17.4 Å². The van der Waals surface area contributed by atoms with Crippen LogP contribution in [0.25, 0.3) is 6.08 Å². The van der Waals surface area contributed by atoms with Crippen LogP contribution in [0.1, 0.15) is 29.8 Å². The van der Waals surface area contributed by atoms with Crippen LogP contribution >= 0.6 is 11.3 Å². The van der Waals surface area contributed by atoms with E-state index in [0.717, 1.165) is 5.69 Å². The van der Waals surface area contributed by atoms with Crippen molar-refractivity contribution in [2.24, 2.45) is 11.8 Å². The number of allylic oxidation sites excluding steroid dienone is 1. The Morgan fingerprint density at radius 2 is 2.15 bits per heavy atom. The van der Waals surface area contributed by atoms with E-state index in [2.05, 4.69) is 10.3 Å². The number of thiazole rings is 1. The lowest BCUT2D eigenvalue weighted by atomic mass is 9.88. The van der Waals surface area contributed by atoms with Gasteiger partial charge in [0.2, 0.25) is 5.91 Å². The Hall–Kier alpha value is -3.14. The summed E-state index contributed by atoms with van der Waals surface area (Å²) in [7, 11) is 0. The molecule has 3 aromatic rings. The molecule has 0 aliphatic carbocycles. The molecule has 0 bridgehead atoms. The number of carbonyl (C=O) groups is 1. The number of rotatable bonds is 6. The first kappa shape index (κ1) is 22.6. The fourth-order valence-corrected chi connectivity index (χ4v) is 5.93. The van der Waals surface area contributed by atoms with E-state index in [9.17, 15) is 19.1 Å². The molecule has 1 saturated heterocycles. The van der Waals surface area contributed by atoms with E-state index in [0.29, 0.717) is 22.8 Å². The highest BCUT2D eigenvalue weighted by atomic mass is 32.1. The van der Waals surface area contributed by atoms with E-state index >= 15 is 0 Å². The highest BCUT2D eigenvalue weighted by Crippen LogP contribution is 2.50. The highest BCUT2D eigenvalue weighted by molar-refractivity contribution is 7.13. The van der Waals surface area contributed by atoms with Crippen LogP contribution < -0.4 is 10.9 Å². The average Bonchev–Trinajstić information content (AvgIpc) is 3.53. The number of fused-ring (bicyclic) bond motifs is 3. The SMILES string of the molecule is C/C=C\c1ccc2n(c1=O)C[C@@H]1[C@@H](CO)[C@H](C(=O)Nc3nccs3)N(Cc3ccccc3F)[C@H]21. The Morgan fingerprint density at radius 3 is 2.85 bits per heavy atom. The Labute approximate surface area is 200 Å². The Morgan fingerprint density at radius 1 is 1.32 bits per heavy atom. The molecular formula is C25H25FN4O3S. The van der Waals surface area contributed by atoms with Crippen molar-refractivity contribution < 1.29 is 14.3 Å². The molecule has 0 saturated carbocycles. The predicted molar refractivity (Wildman–Crippen MR) is 129 cm³/mol. The number of aromatic nitrogens is 2. The van der Waals surface area contributed by atoms with Crippen molar-refractivity contribution in [2.45, 2.75) is 32.1 Å². The first-order chi connectivity index (χ1) is 16.5. The van der Waals surface area contributed by atoms with Gasteiger partial charge in [-0.2, -0.15) is 0 Å². The molecule has 4 atom stereocenters. The van der Waals surface area contributed by atoms with E-state index in [1.54, 1.807) is 46.5 Å². The summed E-state index contributed by atoms with van der Waals surface area (Å²) in [5.41, 5.74) is 1.72. The van der Waals surface area contributed by atoms with Gasteiger partial charge in [0.15, 0.2) is 5.13 Å². The van der Waals surface area contributed by atoms with Gasteiger partial charge in [0.05, 0.1) is 12.1 Å². The van der Waals surface area contributed by atoms with Crippen LogP contribution in [0.5, 0.6) is 0 Å². The average molecular weight is 481 g/mol. The Kier molecular flexibility index (Phi) is 6.16. The summed E-state index contributed by atoms with van der Waals surface area (Å²) in [6.45, 7) is 2.19. The third-order valence-electron chi connectivity index (χ3n) is 6.81. The van der Waals surface area contributed by atoms with Crippen molar-refractivity contribution in [3.8, 4) is 0 Å². The zero-order valence-corrected chi connectivity index (χ0v) is 19.4. The van der Waals surface area contributed by atoms with Crippen molar-refractivity contribution in [2.75, 3.05) is 11.9 Å². The first-order valence-electron chi connectivity index (χ1n) is 11.2. The number of carbonyl (C=O) groups excluding carboxylic acids is 1. The van der Waals surface area contributed by atoms with Gasteiger partial charge in [-0.3, -0.25) is 14.5 Å². The number of aliphatic hydroxyl groups is 1. The molecule has 7 nitrogen and oxygen atoms in total. The summed E-state index contributed by atoms with van der Waals surface area (Å²) >= 11 is 1.31. The largest absolute Gasteiger partial charge is 0.396 e. The normalized spacial score (nSPS) is 23.9. The fraction of sp³-hybridized carbons (Fsp3) is 0.320. The predicted octanol–water partition coefficient (Wildman–Crippen LogP) is 3.28. The lowest BCUT2D eigenvalue weighted by molar-refractivity contribution is -0.122. The number of nitrogens with one attached hydrogen (secondary N) is 1. The molecule has 4 heterocycles. The van der Waals surface area contributed by atoms with Crippen molar-refractivity contribution in [1.29, 1.82) is 0 Å². The van der Waals surface area contributed by atoms with Crippen molar-refractivity contribution in [3.05, 3.63) is 87.0 Å². The van der Waals surface area contributed by atoms with Crippen LogP contribution in [0.2, 0.25) is 0 Å². The summed E-state index contributed by atoms with van der Waals surface area (Å²) in [5.74, 6) is -1.25. The van der Waals surface area contributed by atoms with E-state index < -0.39 is 12.0 Å². The maximum absolute atomic E-state index is 14.6. The van der Waals surface area contributed by atoms with E-state index in [4.69, 9.17) is 0 Å². The Balaban J connectivity index is 1.59. The molecule has 0 radical (unpaired) electrons. The molecule has 0 spiro atoms. The lowest BCUT2D eigenvalue weighted by Gasteiger charge is -2.30. The molecular weight excluding hydrogens is 455 g/mol. The van der Waals surface area contributed by atoms with E-state index in [1.807, 2.05) is 24.0 Å². The molecule has 5 rings (SSSR count). The van der Waals surface area contributed by atoms with Gasteiger partial charge in [0.1, 0.15) is 5.82 Å². The topological polar surface area (TPSA) is 87.5 Å². The Bertz CT molecular complexity index is 1290. The smallest absolute Gasteiger partial charge is 0.258 e. The minimum Gasteiger partial charge on any atom is -0.396 e. The van der Waals surface area contributed by atoms with Crippen LogP contribution in [-0.2, 0) is 17.9 Å². The second kappa shape index (κ2) is 9.25. The van der Waals surface area contributed by atoms with Gasteiger partial charge in [-0.05, 0) is 25.1 Å². The molecule has 9 heteroatoms. The molecule has 1 fully saturated rings. The summed E-state index contributed by atoms with van der Waals surface area (Å²) in [6.07, 6.45) is 5.20. The number of benzene rings is 1. The standard InChI is InChI=1S/C25H25FN4O3S/c1-2-5-15-8-9-20-21-17(13-29(20)24(15)33)18(14-31)22(23(32)28-25-27-10-11-34-25)30(21)12-16-6-3-4-7-19(16)26/h2-11,17-18,21-22,31H,12-14H2,1H3,(H,27,28,32)/b5-2-/t17-,18-,21+,22-/m1/s1. The molecule has 2 aromatic heterocycles. The number of nitrogens with zero attached hydrogens (tertiary/aromatic N) is 3. The third kappa shape index (κ3) is 3.79. The summed E-state index contributed by atoms with van der Waals surface area (Å²) in [5, 5.41) is 15.5. The number of likely N-dealkylation sites (tertiary alicyclic amines) is 1. The number of pyridine rings is 1. The molecule has 0 unspecified atom stereocenters. The number of halogens is 1. The van der Waals surface area contributed by atoms with Crippen LogP contribution in [0.4, 0.5) is 9.52 Å². The second-order valence-corrected chi connectivity index (χ2v) is 9.51. The number of aliphatic hydroxyl groups excluding tert-OH is 1. The first-order valence-corrected chi connectivity index (χ1v) is 12.1. The van der Waals surface area contributed by atoms with Gasteiger partial charge >= 0.3 is 0 Å². The van der Waals surface area contributed by atoms with Gasteiger partial charge < -0.3 is 15.0 Å². The van der Waals surface area contributed by atoms with Gasteiger partial charge in [0, 0.05) is 59.9 Å². The minimum atomic E-state index is -0.706. The maximum atomic E-state index is 14.6. The van der Waals surface area contributed by atoms with E-state index in [-0.39, 0.29) is 42.4 Å². The van der Waals surface area contributed by atoms with Gasteiger partial charge in [-0.15, -0.1) is 11.3 Å². The fourth-order valence-electron chi connectivity index (χ4n) is 5.40. The molecule has 2 aliphatic rings. The highest BCUT2D eigenvalue weighted by Gasteiger charge is 2.55. The summed E-state index contributed by atoms with van der Waals surface area (Å²) in [4.78, 5) is 32.6. The quantitative estimate of drug-likeness (QED) is 0.566. The summed E-state index contributed by atoms with van der Waals surface area (Å²) in [6, 6.07) is 9.16. The molecule has 176 valence electrons. The molecule has 1 amide bonds. The molecule has 1 aromatic carbocycles. The van der Waals surface area contributed by atoms with Crippen LogP contribution in [-0.4, -0.2) is 38.1 Å². The number of anilines is 1. The van der Waals surface area contributed by atoms with Crippen LogP contribution in [0.15, 0.2) is 58.8 Å². The number of hydrogen-bond donors (Lipinski definition) is 2.